The Morgan fingerprint density at radius 1 is 1.33 bits per heavy atom. The van der Waals surface area contributed by atoms with Crippen molar-refractivity contribution in [1.29, 1.82) is 0 Å². The summed E-state index contributed by atoms with van der Waals surface area (Å²) in [6.07, 6.45) is 1.44. The van der Waals surface area contributed by atoms with Crippen molar-refractivity contribution in [3.05, 3.63) is 28.4 Å². The van der Waals surface area contributed by atoms with Crippen LogP contribution >= 0.6 is 11.6 Å². The van der Waals surface area contributed by atoms with Gasteiger partial charge in [-0.3, -0.25) is 0 Å². The van der Waals surface area contributed by atoms with Gasteiger partial charge in [-0.05, 0) is 18.2 Å². The van der Waals surface area contributed by atoms with E-state index in [-0.39, 0.29) is 4.90 Å². The summed E-state index contributed by atoms with van der Waals surface area (Å²) in [7, 11) is -3.22. The fourth-order valence-corrected chi connectivity index (χ4v) is 2.30. The largest absolute Gasteiger partial charge is 0.235 e. The van der Waals surface area contributed by atoms with E-state index < -0.39 is 9.84 Å². The van der Waals surface area contributed by atoms with Crippen molar-refractivity contribution < 1.29 is 8.42 Å². The Labute approximate surface area is 74.6 Å². The molecule has 3 nitrogen and oxygen atoms in total. The van der Waals surface area contributed by atoms with Crippen LogP contribution in [-0.2, 0) is 9.84 Å². The fraction of sp³-hybridized carbons (Fsp3) is 0. The molecule has 0 bridgehead atoms. The van der Waals surface area contributed by atoms with Crippen LogP contribution in [0, 0.1) is 0 Å². The topological polar surface area (TPSA) is 47.0 Å². The first-order chi connectivity index (χ1) is 5.59. The predicted octanol–water partition coefficient (Wildman–Crippen LogP) is 1.49. The molecule has 0 fully saturated rings. The molecule has 0 amide bonds. The van der Waals surface area contributed by atoms with Gasteiger partial charge < -0.3 is 0 Å². The van der Waals surface area contributed by atoms with Crippen LogP contribution < -0.4 is 0 Å². The van der Waals surface area contributed by atoms with E-state index in [9.17, 15) is 8.42 Å². The average molecular weight is 202 g/mol. The SMILES string of the molecule is O=S1(=O)C=Cc2nc(Cl)ccc21. The molecule has 12 heavy (non-hydrogen) atoms. The molecule has 2 rings (SSSR count). The van der Waals surface area contributed by atoms with Gasteiger partial charge in [0.15, 0.2) is 0 Å². The Bertz CT molecular complexity index is 464. The van der Waals surface area contributed by atoms with Gasteiger partial charge in [0.25, 0.3) is 0 Å². The minimum Gasteiger partial charge on any atom is -0.235 e. The van der Waals surface area contributed by atoms with Crippen molar-refractivity contribution in [2.24, 2.45) is 0 Å². The zero-order chi connectivity index (χ0) is 8.77. The third-order valence-corrected chi connectivity index (χ3v) is 3.23. The summed E-state index contributed by atoms with van der Waals surface area (Å²) < 4.78 is 22.4. The summed E-state index contributed by atoms with van der Waals surface area (Å²) in [6, 6.07) is 2.92. The molecule has 0 radical (unpaired) electrons. The van der Waals surface area contributed by atoms with E-state index in [0.717, 1.165) is 5.41 Å². The van der Waals surface area contributed by atoms with Crippen LogP contribution in [0.25, 0.3) is 6.08 Å². The first-order valence-electron chi connectivity index (χ1n) is 3.19. The van der Waals surface area contributed by atoms with E-state index >= 15 is 0 Å². The van der Waals surface area contributed by atoms with Crippen LogP contribution in [0.3, 0.4) is 0 Å². The van der Waals surface area contributed by atoms with Gasteiger partial charge in [-0.15, -0.1) is 0 Å². The maximum atomic E-state index is 11.2. The van der Waals surface area contributed by atoms with Crippen LogP contribution in [0.4, 0.5) is 0 Å². The first kappa shape index (κ1) is 7.76. The Kier molecular flexibility index (Phi) is 1.49. The van der Waals surface area contributed by atoms with Gasteiger partial charge in [-0.25, -0.2) is 13.4 Å². The quantitative estimate of drug-likeness (QED) is 0.598. The zero-order valence-corrected chi connectivity index (χ0v) is 7.43. The van der Waals surface area contributed by atoms with Crippen molar-refractivity contribution in [3.63, 3.8) is 0 Å². The Balaban J connectivity index is 2.78. The second kappa shape index (κ2) is 2.31. The molecule has 1 aromatic rings. The van der Waals surface area contributed by atoms with Gasteiger partial charge in [0.05, 0.1) is 10.6 Å². The molecule has 1 aliphatic rings. The van der Waals surface area contributed by atoms with Crippen molar-refractivity contribution in [2.75, 3.05) is 0 Å². The van der Waals surface area contributed by atoms with E-state index in [1.54, 1.807) is 0 Å². The summed E-state index contributed by atoms with van der Waals surface area (Å²) in [6.45, 7) is 0. The van der Waals surface area contributed by atoms with E-state index in [1.165, 1.54) is 18.2 Å². The Morgan fingerprint density at radius 3 is 2.83 bits per heavy atom. The molecule has 0 spiro atoms. The summed E-state index contributed by atoms with van der Waals surface area (Å²) in [5.74, 6) is 0. The summed E-state index contributed by atoms with van der Waals surface area (Å²) in [5.41, 5.74) is 0.419. The smallest absolute Gasteiger partial charge is 0.202 e. The molecule has 1 aromatic heterocycles. The number of pyridine rings is 1. The van der Waals surface area contributed by atoms with Crippen molar-refractivity contribution >= 4 is 27.5 Å². The molecule has 0 saturated carbocycles. The highest BCUT2D eigenvalue weighted by molar-refractivity contribution is 7.94. The maximum absolute atomic E-state index is 11.2. The monoisotopic (exact) mass is 201 g/mol. The highest BCUT2D eigenvalue weighted by atomic mass is 35.5. The number of nitrogens with zero attached hydrogens (tertiary/aromatic N) is 1. The highest BCUT2D eigenvalue weighted by Crippen LogP contribution is 2.25. The second-order valence-electron chi connectivity index (χ2n) is 2.37. The van der Waals surface area contributed by atoms with Crippen LogP contribution in [0.5, 0.6) is 0 Å². The van der Waals surface area contributed by atoms with Gasteiger partial charge in [0, 0.05) is 5.41 Å². The van der Waals surface area contributed by atoms with Gasteiger partial charge in [-0.2, -0.15) is 0 Å². The number of halogens is 1. The molecule has 0 N–H and O–H groups in total. The highest BCUT2D eigenvalue weighted by Gasteiger charge is 2.21. The Hall–Kier alpha value is -0.870. The van der Waals surface area contributed by atoms with Crippen LogP contribution in [0.15, 0.2) is 22.4 Å². The fourth-order valence-electron chi connectivity index (χ4n) is 1.02. The van der Waals surface area contributed by atoms with Crippen LogP contribution in [-0.4, -0.2) is 13.4 Å². The maximum Gasteiger partial charge on any atom is 0.202 e. The average Bonchev–Trinajstić information content (AvgIpc) is 2.27. The molecule has 62 valence electrons. The lowest BCUT2D eigenvalue weighted by atomic mass is 10.3. The molecule has 5 heteroatoms. The zero-order valence-electron chi connectivity index (χ0n) is 5.86. The number of aromatic nitrogens is 1. The molecule has 0 aliphatic carbocycles. The molecule has 1 aliphatic heterocycles. The Morgan fingerprint density at radius 2 is 2.08 bits per heavy atom. The first-order valence-corrected chi connectivity index (χ1v) is 5.12. The standard InChI is InChI=1S/C7H4ClNO2S/c8-7-2-1-6-5(9-7)3-4-12(6,10)11/h1-4H. The van der Waals surface area contributed by atoms with Gasteiger partial charge in [-0.1, -0.05) is 11.6 Å². The molecule has 2 heterocycles. The summed E-state index contributed by atoms with van der Waals surface area (Å²) in [5, 5.41) is 1.43. The molecule has 0 atom stereocenters. The van der Waals surface area contributed by atoms with Crippen LogP contribution in [0.2, 0.25) is 5.15 Å². The number of hydrogen-bond acceptors (Lipinski definition) is 3. The van der Waals surface area contributed by atoms with Gasteiger partial charge in [0.2, 0.25) is 9.84 Å². The molecule has 0 unspecified atom stereocenters. The van der Waals surface area contributed by atoms with E-state index in [2.05, 4.69) is 4.98 Å². The third-order valence-electron chi connectivity index (χ3n) is 1.56. The minimum absolute atomic E-state index is 0.229. The van der Waals surface area contributed by atoms with Crippen molar-refractivity contribution in [1.82, 2.24) is 4.98 Å². The number of sulfone groups is 1. The number of rotatable bonds is 0. The van der Waals surface area contributed by atoms with Gasteiger partial charge >= 0.3 is 0 Å². The van der Waals surface area contributed by atoms with E-state index in [0.29, 0.717) is 10.8 Å². The molecule has 0 saturated heterocycles. The number of fused-ring (bicyclic) bond motifs is 1. The lowest BCUT2D eigenvalue weighted by Gasteiger charge is -1.96. The summed E-state index contributed by atoms with van der Waals surface area (Å²) in [4.78, 5) is 4.08. The van der Waals surface area contributed by atoms with Gasteiger partial charge in [0.1, 0.15) is 5.15 Å². The lowest BCUT2D eigenvalue weighted by Crippen LogP contribution is -1.94. The minimum atomic E-state index is -3.22. The molecular weight excluding hydrogens is 198 g/mol. The normalized spacial score (nSPS) is 17.8. The molecular formula is C7H4ClNO2S. The second-order valence-corrected chi connectivity index (χ2v) is 4.55. The van der Waals surface area contributed by atoms with E-state index in [4.69, 9.17) is 11.6 Å². The van der Waals surface area contributed by atoms with Crippen LogP contribution in [0.1, 0.15) is 5.69 Å². The predicted molar refractivity (Wildman–Crippen MR) is 45.5 cm³/mol. The van der Waals surface area contributed by atoms with Crippen molar-refractivity contribution in [2.45, 2.75) is 4.90 Å². The summed E-state index contributed by atoms with van der Waals surface area (Å²) >= 11 is 5.58. The molecule has 0 aromatic carbocycles. The lowest BCUT2D eigenvalue weighted by molar-refractivity contribution is 0.605. The van der Waals surface area contributed by atoms with Crippen molar-refractivity contribution in [3.8, 4) is 0 Å². The third kappa shape index (κ3) is 1.04. The number of hydrogen-bond donors (Lipinski definition) is 0. The van der Waals surface area contributed by atoms with E-state index in [1.807, 2.05) is 0 Å².